The lowest BCUT2D eigenvalue weighted by Gasteiger charge is -2.15. The molecule has 1 heterocycles. The van der Waals surface area contributed by atoms with Crippen molar-refractivity contribution in [3.05, 3.63) is 83.4 Å². The van der Waals surface area contributed by atoms with Crippen molar-refractivity contribution in [2.75, 3.05) is 7.11 Å². The summed E-state index contributed by atoms with van der Waals surface area (Å²) in [4.78, 5) is 12.0. The molecule has 0 aromatic heterocycles. The third kappa shape index (κ3) is 3.38. The van der Waals surface area contributed by atoms with Crippen LogP contribution >= 0.6 is 0 Å². The molecule has 1 aliphatic heterocycles. The van der Waals surface area contributed by atoms with Crippen LogP contribution in [-0.2, 0) is 14.3 Å². The summed E-state index contributed by atoms with van der Waals surface area (Å²) in [5.74, 6) is -0.325. The highest BCUT2D eigenvalue weighted by Crippen LogP contribution is 2.48. The summed E-state index contributed by atoms with van der Waals surface area (Å²) in [6, 6.07) is 23.0. The number of hydrogen-bond acceptors (Lipinski definition) is 3. The Morgan fingerprint density at radius 1 is 0.852 bits per heavy atom. The van der Waals surface area contributed by atoms with Gasteiger partial charge in [0.25, 0.3) is 0 Å². The predicted octanol–water partition coefficient (Wildman–Crippen LogP) is 5.25. The molecule has 0 saturated carbocycles. The Morgan fingerprint density at radius 3 is 2.11 bits per heavy atom. The molecule has 1 aliphatic rings. The smallest absolute Gasteiger partial charge is 0.338 e. The van der Waals surface area contributed by atoms with Crippen LogP contribution in [0.3, 0.4) is 0 Å². The lowest BCUT2D eigenvalue weighted by Crippen LogP contribution is -2.10. The molecule has 1 saturated heterocycles. The van der Waals surface area contributed by atoms with Gasteiger partial charge in [0.05, 0.1) is 7.11 Å². The molecule has 2 atom stereocenters. The number of benzene rings is 3. The third-order valence-corrected chi connectivity index (χ3v) is 4.93. The second kappa shape index (κ2) is 7.01. The maximum absolute atomic E-state index is 12.0. The molecular weight excluding hydrogens is 336 g/mol. The van der Waals surface area contributed by atoms with Crippen molar-refractivity contribution in [3.8, 4) is 22.3 Å². The van der Waals surface area contributed by atoms with Crippen LogP contribution in [0.2, 0.25) is 0 Å². The molecule has 3 aromatic carbocycles. The van der Waals surface area contributed by atoms with Gasteiger partial charge in [-0.1, -0.05) is 77.9 Å². The maximum Gasteiger partial charge on any atom is 0.338 e. The zero-order chi connectivity index (χ0) is 19.0. The zero-order valence-corrected chi connectivity index (χ0v) is 15.7. The van der Waals surface area contributed by atoms with Crippen molar-refractivity contribution >= 4 is 5.97 Å². The van der Waals surface area contributed by atoms with Crippen LogP contribution in [0.15, 0.2) is 66.7 Å². The second-order valence-corrected chi connectivity index (χ2v) is 7.01. The van der Waals surface area contributed by atoms with E-state index in [4.69, 9.17) is 9.47 Å². The van der Waals surface area contributed by atoms with Crippen molar-refractivity contribution in [1.29, 1.82) is 0 Å². The van der Waals surface area contributed by atoms with Crippen LogP contribution in [0.25, 0.3) is 22.3 Å². The van der Waals surface area contributed by atoms with Crippen LogP contribution in [-0.4, -0.2) is 19.2 Å². The number of carbonyl (C=O) groups excluding carboxylic acids is 1. The molecule has 3 nitrogen and oxygen atoms in total. The zero-order valence-electron chi connectivity index (χ0n) is 15.7. The van der Waals surface area contributed by atoms with Gasteiger partial charge in [0, 0.05) is 0 Å². The Balaban J connectivity index is 1.90. The van der Waals surface area contributed by atoms with Crippen molar-refractivity contribution in [1.82, 2.24) is 0 Å². The van der Waals surface area contributed by atoms with E-state index in [2.05, 4.69) is 62.4 Å². The third-order valence-electron chi connectivity index (χ3n) is 4.93. The number of aryl methyl sites for hydroxylation is 2. The molecular formula is C24H22O3. The highest BCUT2D eigenvalue weighted by Gasteiger charge is 2.49. The molecule has 136 valence electrons. The molecule has 4 rings (SSSR count). The molecule has 0 amide bonds. The maximum atomic E-state index is 12.0. The van der Waals surface area contributed by atoms with Gasteiger partial charge in [-0.05, 0) is 41.7 Å². The fourth-order valence-electron chi connectivity index (χ4n) is 3.75. The highest BCUT2D eigenvalue weighted by atomic mass is 16.6. The molecule has 0 bridgehead atoms. The van der Waals surface area contributed by atoms with Crippen LogP contribution < -0.4 is 0 Å². The van der Waals surface area contributed by atoms with E-state index in [9.17, 15) is 4.79 Å². The van der Waals surface area contributed by atoms with E-state index in [1.54, 1.807) is 0 Å². The summed E-state index contributed by atoms with van der Waals surface area (Å²) < 4.78 is 10.7. The molecule has 1 fully saturated rings. The molecule has 3 heteroatoms. The molecule has 0 aliphatic carbocycles. The number of epoxide rings is 1. The van der Waals surface area contributed by atoms with Gasteiger partial charge in [0.1, 0.15) is 6.10 Å². The Labute approximate surface area is 159 Å². The molecule has 0 radical (unpaired) electrons. The van der Waals surface area contributed by atoms with Crippen LogP contribution in [0.4, 0.5) is 0 Å². The minimum atomic E-state index is -0.537. The Hall–Kier alpha value is -2.91. The standard InChI is InChI=1S/C24H22O3/c1-15-12-16(2)14-18(13-15)20-11-7-10-19(17-8-5-4-6-9-17)21(20)22-23(27-22)24(25)26-3/h4-14,22-23H,1-3H3. The second-order valence-electron chi connectivity index (χ2n) is 7.01. The Morgan fingerprint density at radius 2 is 1.48 bits per heavy atom. The monoisotopic (exact) mass is 358 g/mol. The summed E-state index contributed by atoms with van der Waals surface area (Å²) in [6.45, 7) is 4.20. The quantitative estimate of drug-likeness (QED) is 0.472. The minimum absolute atomic E-state index is 0.287. The fraction of sp³-hybridized carbons (Fsp3) is 0.208. The van der Waals surface area contributed by atoms with Crippen LogP contribution in [0.1, 0.15) is 22.8 Å². The minimum Gasteiger partial charge on any atom is -0.467 e. The largest absolute Gasteiger partial charge is 0.467 e. The van der Waals surface area contributed by atoms with E-state index in [0.717, 1.165) is 27.8 Å². The van der Waals surface area contributed by atoms with Crippen molar-refractivity contribution < 1.29 is 14.3 Å². The average Bonchev–Trinajstić information content (AvgIpc) is 3.47. The number of methoxy groups -OCH3 is 1. The Bertz CT molecular complexity index is 972. The lowest BCUT2D eigenvalue weighted by molar-refractivity contribution is -0.142. The van der Waals surface area contributed by atoms with Crippen molar-refractivity contribution in [3.63, 3.8) is 0 Å². The van der Waals surface area contributed by atoms with E-state index in [1.807, 2.05) is 18.2 Å². The van der Waals surface area contributed by atoms with E-state index in [1.165, 1.54) is 18.2 Å². The first kappa shape index (κ1) is 17.5. The first-order chi connectivity index (χ1) is 13.1. The Kier molecular flexibility index (Phi) is 4.54. The van der Waals surface area contributed by atoms with E-state index < -0.39 is 6.10 Å². The van der Waals surface area contributed by atoms with E-state index in [0.29, 0.717) is 0 Å². The highest BCUT2D eigenvalue weighted by molar-refractivity contribution is 5.84. The van der Waals surface area contributed by atoms with Crippen LogP contribution in [0, 0.1) is 13.8 Å². The van der Waals surface area contributed by atoms with Crippen molar-refractivity contribution in [2.24, 2.45) is 0 Å². The molecule has 0 N–H and O–H groups in total. The van der Waals surface area contributed by atoms with Gasteiger partial charge in [-0.2, -0.15) is 0 Å². The van der Waals surface area contributed by atoms with Gasteiger partial charge >= 0.3 is 5.97 Å². The first-order valence-electron chi connectivity index (χ1n) is 9.09. The van der Waals surface area contributed by atoms with E-state index in [-0.39, 0.29) is 12.1 Å². The summed E-state index contributed by atoms with van der Waals surface area (Å²) in [6.07, 6.45) is -0.825. The predicted molar refractivity (Wildman–Crippen MR) is 106 cm³/mol. The summed E-state index contributed by atoms with van der Waals surface area (Å²) in [5.41, 5.74) is 7.90. The number of hydrogen-bond donors (Lipinski definition) is 0. The van der Waals surface area contributed by atoms with Gasteiger partial charge in [0.15, 0.2) is 6.10 Å². The molecule has 0 spiro atoms. The summed E-state index contributed by atoms with van der Waals surface area (Å²) in [7, 11) is 1.40. The van der Waals surface area contributed by atoms with Gasteiger partial charge < -0.3 is 9.47 Å². The van der Waals surface area contributed by atoms with Gasteiger partial charge in [-0.25, -0.2) is 4.79 Å². The molecule has 27 heavy (non-hydrogen) atoms. The SMILES string of the molecule is COC(=O)C1OC1c1c(-c2ccccc2)cccc1-c1cc(C)cc(C)c1. The van der Waals surface area contributed by atoms with Crippen LogP contribution in [0.5, 0.6) is 0 Å². The van der Waals surface area contributed by atoms with Gasteiger partial charge in [-0.3, -0.25) is 0 Å². The first-order valence-corrected chi connectivity index (χ1v) is 9.09. The number of esters is 1. The van der Waals surface area contributed by atoms with Crippen molar-refractivity contribution in [2.45, 2.75) is 26.1 Å². The lowest BCUT2D eigenvalue weighted by atomic mass is 9.88. The van der Waals surface area contributed by atoms with Gasteiger partial charge in [-0.15, -0.1) is 0 Å². The summed E-state index contributed by atoms with van der Waals surface area (Å²) >= 11 is 0. The van der Waals surface area contributed by atoms with E-state index >= 15 is 0 Å². The molecule has 2 unspecified atom stereocenters. The topological polar surface area (TPSA) is 38.8 Å². The molecule has 3 aromatic rings. The number of rotatable bonds is 4. The average molecular weight is 358 g/mol. The number of carbonyl (C=O) groups is 1. The summed E-state index contributed by atoms with van der Waals surface area (Å²) in [5, 5.41) is 0. The number of ether oxygens (including phenoxy) is 2. The van der Waals surface area contributed by atoms with Gasteiger partial charge in [0.2, 0.25) is 0 Å². The fourth-order valence-corrected chi connectivity index (χ4v) is 3.75. The normalized spacial score (nSPS) is 18.2.